The summed E-state index contributed by atoms with van der Waals surface area (Å²) in [5.74, 6) is 1.26. The summed E-state index contributed by atoms with van der Waals surface area (Å²) >= 11 is 1.48. The molecule has 0 aliphatic heterocycles. The van der Waals surface area contributed by atoms with Crippen LogP contribution in [0.3, 0.4) is 0 Å². The highest BCUT2D eigenvalue weighted by Gasteiger charge is 2.18. The Morgan fingerprint density at radius 1 is 1.30 bits per heavy atom. The van der Waals surface area contributed by atoms with Gasteiger partial charge in [-0.1, -0.05) is 11.3 Å². The first-order valence-electron chi connectivity index (χ1n) is 5.99. The standard InChI is InChI=1S/C12H10N6OS/c1-7-8(6-13-17(7)2)11-16-18-10(9-4-3-5-19-9)14-15-12(18)20-11/h3-6H,1-2H3. The lowest BCUT2D eigenvalue weighted by molar-refractivity contribution is 0.575. The molecule has 0 radical (unpaired) electrons. The average molecular weight is 286 g/mol. The molecule has 0 N–H and O–H groups in total. The molecule has 0 amide bonds. The molecule has 0 saturated heterocycles. The molecule has 7 nitrogen and oxygen atoms in total. The third kappa shape index (κ3) is 1.51. The van der Waals surface area contributed by atoms with Gasteiger partial charge in [0.2, 0.25) is 10.8 Å². The summed E-state index contributed by atoms with van der Waals surface area (Å²) in [5.41, 5.74) is 2.07. The molecule has 100 valence electrons. The van der Waals surface area contributed by atoms with Crippen molar-refractivity contribution in [3.05, 3.63) is 30.3 Å². The van der Waals surface area contributed by atoms with Gasteiger partial charge in [0.15, 0.2) is 10.8 Å². The summed E-state index contributed by atoms with van der Waals surface area (Å²) in [6.07, 6.45) is 3.42. The lowest BCUT2D eigenvalue weighted by Gasteiger charge is -1.95. The first-order valence-corrected chi connectivity index (χ1v) is 6.81. The second-order valence-corrected chi connectivity index (χ2v) is 5.33. The SMILES string of the molecule is Cc1c(-c2nn3c(-c4ccco4)nnc3s2)cnn1C. The van der Waals surface area contributed by atoms with E-state index in [9.17, 15) is 0 Å². The Kier molecular flexibility index (Phi) is 2.27. The zero-order valence-electron chi connectivity index (χ0n) is 10.8. The monoisotopic (exact) mass is 286 g/mol. The molecule has 0 aliphatic carbocycles. The largest absolute Gasteiger partial charge is 0.461 e. The minimum absolute atomic E-state index is 0.606. The lowest BCUT2D eigenvalue weighted by Crippen LogP contribution is -1.93. The molecule has 8 heteroatoms. The van der Waals surface area contributed by atoms with Gasteiger partial charge in [0.05, 0.1) is 18.0 Å². The predicted octanol–water partition coefficient (Wildman–Crippen LogP) is 2.15. The van der Waals surface area contributed by atoms with E-state index in [4.69, 9.17) is 4.42 Å². The first kappa shape index (κ1) is 11.4. The van der Waals surface area contributed by atoms with Gasteiger partial charge in [-0.15, -0.1) is 10.2 Å². The molecule has 0 saturated carbocycles. The number of hydrogen-bond donors (Lipinski definition) is 0. The molecule has 4 aromatic rings. The van der Waals surface area contributed by atoms with Gasteiger partial charge in [0.25, 0.3) is 0 Å². The van der Waals surface area contributed by atoms with Gasteiger partial charge >= 0.3 is 0 Å². The van der Waals surface area contributed by atoms with E-state index < -0.39 is 0 Å². The zero-order chi connectivity index (χ0) is 13.7. The number of aromatic nitrogens is 6. The van der Waals surface area contributed by atoms with Crippen LogP contribution >= 0.6 is 11.3 Å². The van der Waals surface area contributed by atoms with Gasteiger partial charge in [0, 0.05) is 12.7 Å². The van der Waals surface area contributed by atoms with E-state index in [1.807, 2.05) is 37.0 Å². The Morgan fingerprint density at radius 2 is 2.20 bits per heavy atom. The Labute approximate surface area is 117 Å². The van der Waals surface area contributed by atoms with Crippen LogP contribution in [0.15, 0.2) is 29.0 Å². The third-order valence-corrected chi connectivity index (χ3v) is 4.13. The summed E-state index contributed by atoms with van der Waals surface area (Å²) in [5, 5.41) is 17.9. The van der Waals surface area contributed by atoms with Crippen LogP contribution in [-0.2, 0) is 7.05 Å². The van der Waals surface area contributed by atoms with E-state index in [2.05, 4.69) is 20.4 Å². The molecule has 0 spiro atoms. The van der Waals surface area contributed by atoms with Crippen LogP contribution in [0.5, 0.6) is 0 Å². The van der Waals surface area contributed by atoms with Crippen molar-refractivity contribution in [3.63, 3.8) is 0 Å². The van der Waals surface area contributed by atoms with E-state index in [-0.39, 0.29) is 0 Å². The Balaban J connectivity index is 1.90. The summed E-state index contributed by atoms with van der Waals surface area (Å²) in [6.45, 7) is 2.01. The quantitative estimate of drug-likeness (QED) is 0.564. The van der Waals surface area contributed by atoms with Crippen LogP contribution < -0.4 is 0 Å². The fraction of sp³-hybridized carbons (Fsp3) is 0.167. The summed E-state index contributed by atoms with van der Waals surface area (Å²) < 4.78 is 8.88. The number of rotatable bonds is 2. The van der Waals surface area contributed by atoms with E-state index in [1.165, 1.54) is 11.3 Å². The van der Waals surface area contributed by atoms with Crippen molar-refractivity contribution in [2.24, 2.45) is 7.05 Å². The Morgan fingerprint density at radius 3 is 2.90 bits per heavy atom. The second kappa shape index (κ2) is 4.01. The van der Waals surface area contributed by atoms with Crippen molar-refractivity contribution in [2.45, 2.75) is 6.92 Å². The fourth-order valence-corrected chi connectivity index (χ4v) is 2.90. The van der Waals surface area contributed by atoms with Crippen LogP contribution in [0.4, 0.5) is 0 Å². The maximum Gasteiger partial charge on any atom is 0.235 e. The van der Waals surface area contributed by atoms with E-state index in [0.717, 1.165) is 21.2 Å². The van der Waals surface area contributed by atoms with Gasteiger partial charge < -0.3 is 4.42 Å². The zero-order valence-corrected chi connectivity index (χ0v) is 11.6. The molecular weight excluding hydrogens is 276 g/mol. The summed E-state index contributed by atoms with van der Waals surface area (Å²) in [4.78, 5) is 0.731. The third-order valence-electron chi connectivity index (χ3n) is 3.20. The molecule has 0 bridgehead atoms. The maximum atomic E-state index is 5.35. The number of hydrogen-bond acceptors (Lipinski definition) is 6. The maximum absolute atomic E-state index is 5.35. The summed E-state index contributed by atoms with van der Waals surface area (Å²) in [6, 6.07) is 3.65. The number of aryl methyl sites for hydroxylation is 1. The van der Waals surface area contributed by atoms with Crippen LogP contribution in [-0.4, -0.2) is 29.6 Å². The van der Waals surface area contributed by atoms with Gasteiger partial charge in [-0.2, -0.15) is 14.7 Å². The minimum atomic E-state index is 0.606. The highest BCUT2D eigenvalue weighted by molar-refractivity contribution is 7.19. The molecule has 0 unspecified atom stereocenters. The van der Waals surface area contributed by atoms with Crippen molar-refractivity contribution in [1.29, 1.82) is 0 Å². The van der Waals surface area contributed by atoms with Gasteiger partial charge in [0.1, 0.15) is 0 Å². The lowest BCUT2D eigenvalue weighted by atomic mass is 10.3. The van der Waals surface area contributed by atoms with Gasteiger partial charge in [-0.25, -0.2) is 0 Å². The first-order chi connectivity index (χ1) is 9.74. The van der Waals surface area contributed by atoms with Crippen molar-refractivity contribution < 1.29 is 4.42 Å². The van der Waals surface area contributed by atoms with Crippen LogP contribution in [0, 0.1) is 6.92 Å². The molecule has 0 fully saturated rings. The molecule has 0 aromatic carbocycles. The van der Waals surface area contributed by atoms with E-state index >= 15 is 0 Å². The van der Waals surface area contributed by atoms with E-state index in [0.29, 0.717) is 11.6 Å². The van der Waals surface area contributed by atoms with E-state index in [1.54, 1.807) is 10.8 Å². The normalized spacial score (nSPS) is 11.5. The Hall–Kier alpha value is -2.48. The minimum Gasteiger partial charge on any atom is -0.461 e. The number of fused-ring (bicyclic) bond motifs is 1. The van der Waals surface area contributed by atoms with Crippen molar-refractivity contribution in [1.82, 2.24) is 29.6 Å². The van der Waals surface area contributed by atoms with Crippen LogP contribution in [0.25, 0.3) is 27.1 Å². The van der Waals surface area contributed by atoms with Crippen molar-refractivity contribution in [2.75, 3.05) is 0 Å². The average Bonchev–Trinajstić information content (AvgIpc) is 3.15. The highest BCUT2D eigenvalue weighted by atomic mass is 32.1. The fourth-order valence-electron chi connectivity index (χ4n) is 1.99. The molecule has 0 atom stereocenters. The van der Waals surface area contributed by atoms with Gasteiger partial charge in [-0.3, -0.25) is 4.68 Å². The topological polar surface area (TPSA) is 74.0 Å². The van der Waals surface area contributed by atoms with Gasteiger partial charge in [-0.05, 0) is 19.1 Å². The van der Waals surface area contributed by atoms with Crippen molar-refractivity contribution in [3.8, 4) is 22.2 Å². The molecule has 0 aliphatic rings. The number of furan rings is 1. The summed E-state index contributed by atoms with van der Waals surface area (Å²) in [7, 11) is 1.91. The molecule has 4 heterocycles. The smallest absolute Gasteiger partial charge is 0.235 e. The second-order valence-electron chi connectivity index (χ2n) is 4.37. The molecular formula is C12H10N6OS. The molecule has 4 aromatic heterocycles. The highest BCUT2D eigenvalue weighted by Crippen LogP contribution is 2.29. The van der Waals surface area contributed by atoms with Crippen LogP contribution in [0.2, 0.25) is 0 Å². The Bertz CT molecular complexity index is 885. The number of nitrogens with zero attached hydrogens (tertiary/aromatic N) is 6. The van der Waals surface area contributed by atoms with Crippen LogP contribution in [0.1, 0.15) is 5.69 Å². The van der Waals surface area contributed by atoms with Crippen molar-refractivity contribution >= 4 is 16.3 Å². The predicted molar refractivity (Wildman–Crippen MR) is 73.3 cm³/mol. The molecule has 20 heavy (non-hydrogen) atoms. The molecule has 4 rings (SSSR count).